The number of hydrogen-bond acceptors (Lipinski definition) is 3. The topological polar surface area (TPSA) is 38.5 Å². The van der Waals surface area contributed by atoms with Crippen molar-refractivity contribution in [2.75, 3.05) is 13.7 Å². The minimum Gasteiger partial charge on any atom is -0.284 e. The SMILES string of the molecule is CN(N)OCC1CC(F)C1. The lowest BCUT2D eigenvalue weighted by Gasteiger charge is -2.29. The Morgan fingerprint density at radius 3 is 2.70 bits per heavy atom. The van der Waals surface area contributed by atoms with Gasteiger partial charge in [-0.15, -0.1) is 5.17 Å². The van der Waals surface area contributed by atoms with Crippen molar-refractivity contribution in [1.29, 1.82) is 0 Å². The van der Waals surface area contributed by atoms with Crippen LogP contribution in [-0.2, 0) is 4.84 Å². The second-order valence-electron chi connectivity index (χ2n) is 2.78. The van der Waals surface area contributed by atoms with Gasteiger partial charge in [-0.2, -0.15) is 0 Å². The normalized spacial score (nSPS) is 32.4. The summed E-state index contributed by atoms with van der Waals surface area (Å²) >= 11 is 0. The van der Waals surface area contributed by atoms with Crippen LogP contribution in [0, 0.1) is 5.92 Å². The summed E-state index contributed by atoms with van der Waals surface area (Å²) < 4.78 is 12.2. The van der Waals surface area contributed by atoms with Gasteiger partial charge in [-0.25, -0.2) is 10.2 Å². The van der Waals surface area contributed by atoms with Crippen LogP contribution in [0.1, 0.15) is 12.8 Å². The van der Waals surface area contributed by atoms with Crippen molar-refractivity contribution in [3.63, 3.8) is 0 Å². The Hall–Kier alpha value is -0.190. The summed E-state index contributed by atoms with van der Waals surface area (Å²) in [5.41, 5.74) is 0. The van der Waals surface area contributed by atoms with Crippen molar-refractivity contribution in [3.8, 4) is 0 Å². The largest absolute Gasteiger partial charge is 0.284 e. The molecule has 1 fully saturated rings. The number of nitrogens with two attached hydrogens (primary N) is 1. The first-order valence-electron chi connectivity index (χ1n) is 3.44. The first kappa shape index (κ1) is 7.91. The van der Waals surface area contributed by atoms with Crippen LogP contribution in [0.2, 0.25) is 0 Å². The van der Waals surface area contributed by atoms with Crippen LogP contribution in [-0.4, -0.2) is 25.0 Å². The van der Waals surface area contributed by atoms with E-state index in [9.17, 15) is 4.39 Å². The molecule has 0 radical (unpaired) electrons. The summed E-state index contributed by atoms with van der Waals surface area (Å²) in [5.74, 6) is 5.55. The number of nitrogens with zero attached hydrogens (tertiary/aromatic N) is 1. The number of alkyl halides is 1. The fraction of sp³-hybridized carbons (Fsp3) is 1.00. The van der Waals surface area contributed by atoms with E-state index in [1.165, 1.54) is 0 Å². The molecular formula is C6H13FN2O. The van der Waals surface area contributed by atoms with Crippen molar-refractivity contribution in [1.82, 2.24) is 5.17 Å². The van der Waals surface area contributed by atoms with E-state index in [4.69, 9.17) is 10.7 Å². The molecular weight excluding hydrogens is 135 g/mol. The molecule has 3 nitrogen and oxygen atoms in total. The van der Waals surface area contributed by atoms with Crippen molar-refractivity contribution in [3.05, 3.63) is 0 Å². The molecule has 1 rings (SSSR count). The van der Waals surface area contributed by atoms with Gasteiger partial charge in [0.15, 0.2) is 0 Å². The molecule has 0 bridgehead atoms. The Morgan fingerprint density at radius 2 is 2.30 bits per heavy atom. The minimum atomic E-state index is -0.600. The van der Waals surface area contributed by atoms with E-state index < -0.39 is 6.17 Å². The zero-order valence-electron chi connectivity index (χ0n) is 6.09. The third-order valence-electron chi connectivity index (χ3n) is 1.69. The van der Waals surface area contributed by atoms with E-state index in [0.29, 0.717) is 25.4 Å². The van der Waals surface area contributed by atoms with E-state index in [-0.39, 0.29) is 0 Å². The summed E-state index contributed by atoms with van der Waals surface area (Å²) in [7, 11) is 1.62. The molecule has 0 aromatic rings. The molecule has 0 aliphatic heterocycles. The van der Waals surface area contributed by atoms with Crippen molar-refractivity contribution in [2.24, 2.45) is 11.8 Å². The number of hydroxylamine groups is 1. The summed E-state index contributed by atoms with van der Waals surface area (Å²) in [6.07, 6.45) is 0.665. The van der Waals surface area contributed by atoms with Gasteiger partial charge in [0.05, 0.1) is 6.61 Å². The molecule has 0 spiro atoms. The fourth-order valence-electron chi connectivity index (χ4n) is 1.01. The summed E-state index contributed by atoms with van der Waals surface area (Å²) in [6, 6.07) is 0. The Kier molecular flexibility index (Phi) is 2.59. The Balaban J connectivity index is 1.95. The highest BCUT2D eigenvalue weighted by Gasteiger charge is 2.28. The van der Waals surface area contributed by atoms with E-state index in [1.54, 1.807) is 7.05 Å². The molecule has 60 valence electrons. The highest BCUT2D eigenvalue weighted by atomic mass is 19.1. The van der Waals surface area contributed by atoms with Crippen LogP contribution in [0.4, 0.5) is 4.39 Å². The molecule has 10 heavy (non-hydrogen) atoms. The van der Waals surface area contributed by atoms with Gasteiger partial charge in [-0.1, -0.05) is 0 Å². The lowest BCUT2D eigenvalue weighted by Crippen LogP contribution is -2.34. The van der Waals surface area contributed by atoms with Gasteiger partial charge in [-0.05, 0) is 18.8 Å². The Bertz CT molecular complexity index is 104. The van der Waals surface area contributed by atoms with Gasteiger partial charge in [0.1, 0.15) is 6.17 Å². The maximum Gasteiger partial charge on any atom is 0.101 e. The van der Waals surface area contributed by atoms with Crippen LogP contribution in [0.5, 0.6) is 0 Å². The highest BCUT2D eigenvalue weighted by Crippen LogP contribution is 2.29. The van der Waals surface area contributed by atoms with E-state index in [2.05, 4.69) is 0 Å². The molecule has 1 aliphatic carbocycles. The van der Waals surface area contributed by atoms with Crippen LogP contribution in [0.25, 0.3) is 0 Å². The van der Waals surface area contributed by atoms with Crippen molar-refractivity contribution < 1.29 is 9.23 Å². The smallest absolute Gasteiger partial charge is 0.101 e. The lowest BCUT2D eigenvalue weighted by atomic mass is 9.84. The third kappa shape index (κ3) is 2.21. The molecule has 2 N–H and O–H groups in total. The molecule has 1 aliphatic rings. The monoisotopic (exact) mass is 148 g/mol. The second-order valence-corrected chi connectivity index (χ2v) is 2.78. The zero-order chi connectivity index (χ0) is 7.56. The summed E-state index contributed by atoms with van der Waals surface area (Å²) in [5, 5.41) is 1.16. The highest BCUT2D eigenvalue weighted by molar-refractivity contribution is 4.78. The first-order valence-corrected chi connectivity index (χ1v) is 3.44. The maximum absolute atomic E-state index is 12.2. The average Bonchev–Trinajstić information content (AvgIpc) is 1.77. The van der Waals surface area contributed by atoms with E-state index >= 15 is 0 Å². The Morgan fingerprint density at radius 1 is 1.70 bits per heavy atom. The standard InChI is InChI=1S/C6H13FN2O/c1-9(8)10-4-5-2-6(7)3-5/h5-6H,2-4,8H2,1H3. The van der Waals surface area contributed by atoms with Gasteiger partial charge >= 0.3 is 0 Å². The van der Waals surface area contributed by atoms with Crippen LogP contribution in [0.15, 0.2) is 0 Å². The fourth-order valence-corrected chi connectivity index (χ4v) is 1.01. The Labute approximate surface area is 59.9 Å². The molecule has 0 atom stereocenters. The van der Waals surface area contributed by atoms with E-state index in [1.807, 2.05) is 0 Å². The maximum atomic E-state index is 12.2. The molecule has 0 heterocycles. The molecule has 0 unspecified atom stereocenters. The van der Waals surface area contributed by atoms with E-state index in [0.717, 1.165) is 5.17 Å². The molecule has 0 aromatic heterocycles. The third-order valence-corrected chi connectivity index (χ3v) is 1.69. The number of halogens is 1. The van der Waals surface area contributed by atoms with Gasteiger partial charge in [-0.3, -0.25) is 4.84 Å². The van der Waals surface area contributed by atoms with Gasteiger partial charge in [0.2, 0.25) is 0 Å². The summed E-state index contributed by atoms with van der Waals surface area (Å²) in [4.78, 5) is 4.94. The van der Waals surface area contributed by atoms with Gasteiger partial charge in [0.25, 0.3) is 0 Å². The lowest BCUT2D eigenvalue weighted by molar-refractivity contribution is -0.164. The second kappa shape index (κ2) is 3.27. The molecule has 1 saturated carbocycles. The predicted octanol–water partition coefficient (Wildman–Crippen LogP) is 0.472. The van der Waals surface area contributed by atoms with Gasteiger partial charge in [0, 0.05) is 7.05 Å². The summed E-state index contributed by atoms with van der Waals surface area (Å²) in [6.45, 7) is 0.549. The van der Waals surface area contributed by atoms with Crippen molar-refractivity contribution in [2.45, 2.75) is 19.0 Å². The first-order chi connectivity index (χ1) is 4.68. The molecule has 0 amide bonds. The van der Waals surface area contributed by atoms with Crippen molar-refractivity contribution >= 4 is 0 Å². The van der Waals surface area contributed by atoms with Gasteiger partial charge < -0.3 is 0 Å². The number of hydrazine groups is 1. The van der Waals surface area contributed by atoms with Crippen LogP contribution in [0.3, 0.4) is 0 Å². The zero-order valence-corrected chi connectivity index (χ0v) is 6.09. The van der Waals surface area contributed by atoms with Crippen LogP contribution >= 0.6 is 0 Å². The molecule has 0 aromatic carbocycles. The quantitative estimate of drug-likeness (QED) is 0.467. The predicted molar refractivity (Wildman–Crippen MR) is 35.5 cm³/mol. The number of hydrogen-bond donors (Lipinski definition) is 1. The molecule has 0 saturated heterocycles. The molecule has 4 heteroatoms. The van der Waals surface area contributed by atoms with Crippen LogP contribution < -0.4 is 5.84 Å². The number of rotatable bonds is 3. The average molecular weight is 148 g/mol. The minimum absolute atomic E-state index is 0.376.